The standard InChI is InChI=1S/C15H23NO2/c1-4-14(13-7-5-6-8-15(13)17)16-9-11(2)18-12(3)10-16/h5-8,11-12,14,17H,4,9-10H2,1-3H3. The van der Waals surface area contributed by atoms with Crippen molar-refractivity contribution in [1.29, 1.82) is 0 Å². The average Bonchev–Trinajstić information content (AvgIpc) is 2.31. The Bertz CT molecular complexity index is 384. The van der Waals surface area contributed by atoms with Crippen LogP contribution in [0.4, 0.5) is 0 Å². The van der Waals surface area contributed by atoms with Crippen LogP contribution in [0.25, 0.3) is 0 Å². The van der Waals surface area contributed by atoms with Gasteiger partial charge in [-0.25, -0.2) is 0 Å². The van der Waals surface area contributed by atoms with Gasteiger partial charge < -0.3 is 9.84 Å². The fraction of sp³-hybridized carbons (Fsp3) is 0.600. The Balaban J connectivity index is 2.20. The molecule has 1 aliphatic heterocycles. The molecule has 1 aromatic rings. The Morgan fingerprint density at radius 2 is 1.89 bits per heavy atom. The molecule has 100 valence electrons. The van der Waals surface area contributed by atoms with Crippen LogP contribution in [0.3, 0.4) is 0 Å². The zero-order valence-corrected chi connectivity index (χ0v) is 11.5. The van der Waals surface area contributed by atoms with Gasteiger partial charge in [-0.1, -0.05) is 25.1 Å². The number of ether oxygens (including phenoxy) is 1. The molecule has 3 heteroatoms. The van der Waals surface area contributed by atoms with E-state index in [2.05, 4.69) is 25.7 Å². The smallest absolute Gasteiger partial charge is 0.120 e. The van der Waals surface area contributed by atoms with E-state index < -0.39 is 0 Å². The van der Waals surface area contributed by atoms with Gasteiger partial charge in [0, 0.05) is 24.7 Å². The molecule has 3 atom stereocenters. The summed E-state index contributed by atoms with van der Waals surface area (Å²) >= 11 is 0. The van der Waals surface area contributed by atoms with E-state index in [4.69, 9.17) is 4.74 Å². The van der Waals surface area contributed by atoms with E-state index in [1.807, 2.05) is 18.2 Å². The molecule has 1 saturated heterocycles. The van der Waals surface area contributed by atoms with E-state index >= 15 is 0 Å². The van der Waals surface area contributed by atoms with Crippen molar-refractivity contribution < 1.29 is 9.84 Å². The van der Waals surface area contributed by atoms with Crippen molar-refractivity contribution in [1.82, 2.24) is 4.90 Å². The first-order valence-corrected chi connectivity index (χ1v) is 6.79. The summed E-state index contributed by atoms with van der Waals surface area (Å²) < 4.78 is 5.77. The Morgan fingerprint density at radius 1 is 1.28 bits per heavy atom. The molecule has 3 nitrogen and oxygen atoms in total. The topological polar surface area (TPSA) is 32.7 Å². The minimum atomic E-state index is 0.258. The number of nitrogens with zero attached hydrogens (tertiary/aromatic N) is 1. The molecule has 0 saturated carbocycles. The van der Waals surface area contributed by atoms with Crippen molar-refractivity contribution in [3.8, 4) is 5.75 Å². The van der Waals surface area contributed by atoms with Gasteiger partial charge in [0.05, 0.1) is 12.2 Å². The number of para-hydroxylation sites is 1. The van der Waals surface area contributed by atoms with Crippen LogP contribution in [0, 0.1) is 0 Å². The van der Waals surface area contributed by atoms with Gasteiger partial charge in [-0.15, -0.1) is 0 Å². The zero-order valence-electron chi connectivity index (χ0n) is 11.5. The monoisotopic (exact) mass is 249 g/mol. The van der Waals surface area contributed by atoms with Crippen molar-refractivity contribution >= 4 is 0 Å². The predicted octanol–water partition coefficient (Wildman–Crippen LogP) is 2.95. The van der Waals surface area contributed by atoms with Crippen LogP contribution in [0.5, 0.6) is 5.75 Å². The Kier molecular flexibility index (Phi) is 4.25. The SMILES string of the molecule is CCC(c1ccccc1O)N1CC(C)OC(C)C1. The number of phenolic OH excluding ortho intramolecular Hbond substituents is 1. The van der Waals surface area contributed by atoms with Gasteiger partial charge in [-0.2, -0.15) is 0 Å². The number of aromatic hydroxyl groups is 1. The molecule has 2 rings (SSSR count). The van der Waals surface area contributed by atoms with Crippen molar-refractivity contribution in [3.05, 3.63) is 29.8 Å². The fourth-order valence-corrected chi connectivity index (χ4v) is 2.92. The fourth-order valence-electron chi connectivity index (χ4n) is 2.92. The van der Waals surface area contributed by atoms with Crippen molar-refractivity contribution in [2.24, 2.45) is 0 Å². The van der Waals surface area contributed by atoms with Gasteiger partial charge in [0.2, 0.25) is 0 Å². The molecule has 1 heterocycles. The number of rotatable bonds is 3. The second-order valence-electron chi connectivity index (χ2n) is 5.19. The van der Waals surface area contributed by atoms with Gasteiger partial charge >= 0.3 is 0 Å². The quantitative estimate of drug-likeness (QED) is 0.894. The summed E-state index contributed by atoms with van der Waals surface area (Å²) in [6, 6.07) is 7.93. The summed E-state index contributed by atoms with van der Waals surface area (Å²) in [5.41, 5.74) is 1.03. The van der Waals surface area contributed by atoms with E-state index in [1.54, 1.807) is 6.07 Å². The molecule has 18 heavy (non-hydrogen) atoms. The Hall–Kier alpha value is -1.06. The van der Waals surface area contributed by atoms with Crippen molar-refractivity contribution in [2.45, 2.75) is 45.4 Å². The van der Waals surface area contributed by atoms with Crippen LogP contribution in [0.2, 0.25) is 0 Å². The first-order chi connectivity index (χ1) is 8.61. The first kappa shape index (κ1) is 13.4. The number of benzene rings is 1. The van der Waals surface area contributed by atoms with Gasteiger partial charge in [-0.3, -0.25) is 4.90 Å². The molecule has 0 aliphatic carbocycles. The summed E-state index contributed by atoms with van der Waals surface area (Å²) in [6.45, 7) is 8.25. The molecular formula is C15H23NO2. The average molecular weight is 249 g/mol. The molecule has 0 aromatic heterocycles. The lowest BCUT2D eigenvalue weighted by Gasteiger charge is -2.40. The van der Waals surface area contributed by atoms with Gasteiger partial charge in [0.15, 0.2) is 0 Å². The van der Waals surface area contributed by atoms with Crippen molar-refractivity contribution in [3.63, 3.8) is 0 Å². The van der Waals surface area contributed by atoms with E-state index in [0.29, 0.717) is 5.75 Å². The number of hydrogen-bond acceptors (Lipinski definition) is 3. The zero-order chi connectivity index (χ0) is 13.1. The Morgan fingerprint density at radius 3 is 2.44 bits per heavy atom. The number of hydrogen-bond donors (Lipinski definition) is 1. The third kappa shape index (κ3) is 2.85. The maximum Gasteiger partial charge on any atom is 0.120 e. The molecule has 1 aromatic carbocycles. The van der Waals surface area contributed by atoms with E-state index in [1.165, 1.54) is 0 Å². The van der Waals surface area contributed by atoms with Crippen molar-refractivity contribution in [2.75, 3.05) is 13.1 Å². The lowest BCUT2D eigenvalue weighted by atomic mass is 10.00. The molecule has 0 spiro atoms. The highest BCUT2D eigenvalue weighted by Crippen LogP contribution is 2.32. The van der Waals surface area contributed by atoms with Crippen LogP contribution < -0.4 is 0 Å². The van der Waals surface area contributed by atoms with Gasteiger partial charge in [-0.05, 0) is 26.3 Å². The summed E-state index contributed by atoms with van der Waals surface area (Å²) in [7, 11) is 0. The van der Waals surface area contributed by atoms with Gasteiger partial charge in [0.1, 0.15) is 5.75 Å². The molecule has 0 radical (unpaired) electrons. The van der Waals surface area contributed by atoms with Crippen LogP contribution >= 0.6 is 0 Å². The van der Waals surface area contributed by atoms with E-state index in [0.717, 1.165) is 25.1 Å². The molecule has 1 N–H and O–H groups in total. The molecule has 0 amide bonds. The lowest BCUT2D eigenvalue weighted by molar-refractivity contribution is -0.0816. The Labute approximate surface area is 109 Å². The lowest BCUT2D eigenvalue weighted by Crippen LogP contribution is -2.46. The highest BCUT2D eigenvalue weighted by Gasteiger charge is 2.28. The first-order valence-electron chi connectivity index (χ1n) is 6.79. The molecule has 3 unspecified atom stereocenters. The second-order valence-corrected chi connectivity index (χ2v) is 5.19. The van der Waals surface area contributed by atoms with Crippen LogP contribution in [-0.2, 0) is 4.74 Å². The number of morpholine rings is 1. The maximum atomic E-state index is 10.0. The minimum absolute atomic E-state index is 0.258. The third-order valence-electron chi connectivity index (χ3n) is 3.57. The highest BCUT2D eigenvalue weighted by molar-refractivity contribution is 5.34. The van der Waals surface area contributed by atoms with E-state index in [9.17, 15) is 5.11 Å². The van der Waals surface area contributed by atoms with Crippen LogP contribution in [-0.4, -0.2) is 35.3 Å². The maximum absolute atomic E-state index is 10.0. The number of phenols is 1. The summed E-state index contributed by atoms with van der Waals surface area (Å²) in [5.74, 6) is 0.399. The van der Waals surface area contributed by atoms with Crippen LogP contribution in [0.15, 0.2) is 24.3 Å². The molecule has 1 aliphatic rings. The molecule has 1 fully saturated rings. The van der Waals surface area contributed by atoms with Gasteiger partial charge in [0.25, 0.3) is 0 Å². The second kappa shape index (κ2) is 5.72. The molecular weight excluding hydrogens is 226 g/mol. The predicted molar refractivity (Wildman–Crippen MR) is 72.7 cm³/mol. The minimum Gasteiger partial charge on any atom is -0.508 e. The third-order valence-corrected chi connectivity index (χ3v) is 3.57. The summed E-state index contributed by atoms with van der Waals surface area (Å²) in [6.07, 6.45) is 1.51. The largest absolute Gasteiger partial charge is 0.508 e. The summed E-state index contributed by atoms with van der Waals surface area (Å²) in [4.78, 5) is 2.42. The molecule has 0 bridgehead atoms. The van der Waals surface area contributed by atoms with E-state index in [-0.39, 0.29) is 18.2 Å². The van der Waals surface area contributed by atoms with Crippen LogP contribution in [0.1, 0.15) is 38.8 Å². The summed E-state index contributed by atoms with van der Waals surface area (Å²) in [5, 5.41) is 10.0. The highest BCUT2D eigenvalue weighted by atomic mass is 16.5. The normalized spacial score (nSPS) is 27.1.